The van der Waals surface area contributed by atoms with Gasteiger partial charge in [-0.3, -0.25) is 0 Å². The zero-order valence-corrected chi connectivity index (χ0v) is 17.1. The molecule has 2 rings (SSSR count). The van der Waals surface area contributed by atoms with Crippen molar-refractivity contribution in [1.29, 1.82) is 0 Å². The maximum absolute atomic E-state index is 13.1. The molecule has 136 valence electrons. The summed E-state index contributed by atoms with van der Waals surface area (Å²) in [6, 6.07) is 2.88. The van der Waals surface area contributed by atoms with E-state index in [0.29, 0.717) is 28.6 Å². The van der Waals surface area contributed by atoms with Crippen LogP contribution in [-0.2, 0) is 9.84 Å². The fraction of sp³-hybridized carbons (Fsp3) is 0.647. The van der Waals surface area contributed by atoms with Gasteiger partial charge in [0.05, 0.1) is 33.8 Å². The normalized spacial score (nSPS) is 26.7. The molecule has 1 aromatic carbocycles. The lowest BCUT2D eigenvalue weighted by Crippen LogP contribution is -2.50. The van der Waals surface area contributed by atoms with Crippen molar-refractivity contribution in [3.05, 3.63) is 22.2 Å². The highest BCUT2D eigenvalue weighted by molar-refractivity contribution is 9.10. The first kappa shape index (κ1) is 19.7. The standard InChI is InChI=1S/C17H26BrNO4S/c1-5-7-8-17(6-2)11-24(21,22)16-10-15(23-4)14(18)9-13(16)12(3)19(17)20/h9-10,12,20H,5-8,11H2,1-4H3. The molecular weight excluding hydrogens is 394 g/mol. The minimum atomic E-state index is -3.55. The first-order valence-electron chi connectivity index (χ1n) is 8.30. The Hall–Kier alpha value is -0.630. The van der Waals surface area contributed by atoms with Gasteiger partial charge in [0.1, 0.15) is 5.75 Å². The molecule has 1 heterocycles. The summed E-state index contributed by atoms with van der Waals surface area (Å²) < 4.78 is 32.1. The molecule has 1 N–H and O–H groups in total. The van der Waals surface area contributed by atoms with E-state index in [1.165, 1.54) is 12.2 Å². The first-order chi connectivity index (χ1) is 11.2. The van der Waals surface area contributed by atoms with E-state index in [9.17, 15) is 13.6 Å². The quantitative estimate of drug-likeness (QED) is 0.768. The topological polar surface area (TPSA) is 66.8 Å². The zero-order valence-electron chi connectivity index (χ0n) is 14.7. The van der Waals surface area contributed by atoms with Crippen LogP contribution in [0.2, 0.25) is 0 Å². The number of unbranched alkanes of at least 4 members (excludes halogenated alkanes) is 1. The minimum absolute atomic E-state index is 0.0882. The van der Waals surface area contributed by atoms with E-state index in [1.807, 2.05) is 13.8 Å². The Bertz CT molecular complexity index is 707. The number of methoxy groups -OCH3 is 1. The predicted octanol–water partition coefficient (Wildman–Crippen LogP) is 4.34. The van der Waals surface area contributed by atoms with E-state index in [2.05, 4.69) is 22.9 Å². The number of halogens is 1. The first-order valence-corrected chi connectivity index (χ1v) is 10.8. The van der Waals surface area contributed by atoms with E-state index in [-0.39, 0.29) is 10.6 Å². The second kappa shape index (κ2) is 7.32. The van der Waals surface area contributed by atoms with Crippen LogP contribution < -0.4 is 4.74 Å². The molecule has 0 radical (unpaired) electrons. The Morgan fingerprint density at radius 1 is 1.42 bits per heavy atom. The van der Waals surface area contributed by atoms with Gasteiger partial charge >= 0.3 is 0 Å². The zero-order chi connectivity index (χ0) is 18.1. The highest BCUT2D eigenvalue weighted by Gasteiger charge is 2.46. The van der Waals surface area contributed by atoms with Crippen molar-refractivity contribution in [3.63, 3.8) is 0 Å². The van der Waals surface area contributed by atoms with Gasteiger partial charge in [-0.05, 0) is 47.3 Å². The van der Waals surface area contributed by atoms with Crippen LogP contribution in [0.5, 0.6) is 5.75 Å². The molecule has 2 unspecified atom stereocenters. The number of hydroxylamine groups is 2. The molecule has 1 aromatic rings. The molecule has 7 heteroatoms. The van der Waals surface area contributed by atoms with Gasteiger partial charge < -0.3 is 9.94 Å². The third-order valence-corrected chi connectivity index (χ3v) is 7.60. The average molecular weight is 420 g/mol. The molecule has 0 fully saturated rings. The summed E-state index contributed by atoms with van der Waals surface area (Å²) in [6.07, 6.45) is 3.04. The van der Waals surface area contributed by atoms with Crippen LogP contribution in [0.15, 0.2) is 21.5 Å². The number of fused-ring (bicyclic) bond motifs is 1. The van der Waals surface area contributed by atoms with Gasteiger partial charge in [-0.1, -0.05) is 26.7 Å². The van der Waals surface area contributed by atoms with Gasteiger partial charge in [-0.2, -0.15) is 5.06 Å². The van der Waals surface area contributed by atoms with Gasteiger partial charge in [0.15, 0.2) is 9.84 Å². The summed E-state index contributed by atoms with van der Waals surface area (Å²) in [5.74, 6) is 0.390. The summed E-state index contributed by atoms with van der Waals surface area (Å²) in [5, 5.41) is 12.2. The van der Waals surface area contributed by atoms with E-state index in [1.54, 1.807) is 12.1 Å². The molecule has 0 saturated heterocycles. The van der Waals surface area contributed by atoms with Crippen LogP contribution in [-0.4, -0.2) is 37.1 Å². The molecule has 0 aromatic heterocycles. The average Bonchev–Trinajstić information content (AvgIpc) is 2.61. The minimum Gasteiger partial charge on any atom is -0.496 e. The Kier molecular flexibility index (Phi) is 6.00. The van der Waals surface area contributed by atoms with E-state index < -0.39 is 21.4 Å². The smallest absolute Gasteiger partial charge is 0.180 e. The largest absolute Gasteiger partial charge is 0.496 e. The highest BCUT2D eigenvalue weighted by atomic mass is 79.9. The lowest BCUT2D eigenvalue weighted by Gasteiger charge is -2.40. The summed E-state index contributed by atoms with van der Waals surface area (Å²) in [4.78, 5) is 0.251. The highest BCUT2D eigenvalue weighted by Crippen LogP contribution is 2.43. The molecule has 0 amide bonds. The van der Waals surface area contributed by atoms with Crippen molar-refractivity contribution in [1.82, 2.24) is 5.06 Å². The van der Waals surface area contributed by atoms with E-state index in [4.69, 9.17) is 4.74 Å². The van der Waals surface area contributed by atoms with Crippen LogP contribution in [0.3, 0.4) is 0 Å². The third kappa shape index (κ3) is 3.36. The van der Waals surface area contributed by atoms with Gasteiger partial charge in [0, 0.05) is 6.07 Å². The summed E-state index contributed by atoms with van der Waals surface area (Å²) in [5.41, 5.74) is -0.176. The molecule has 5 nitrogen and oxygen atoms in total. The summed E-state index contributed by atoms with van der Waals surface area (Å²) in [6.45, 7) is 5.85. The number of hydrogen-bond acceptors (Lipinski definition) is 5. The molecule has 0 aliphatic carbocycles. The third-order valence-electron chi connectivity index (χ3n) is 5.03. The second-order valence-electron chi connectivity index (χ2n) is 6.49. The number of benzene rings is 1. The molecule has 0 spiro atoms. The number of hydrogen-bond donors (Lipinski definition) is 1. The van der Waals surface area contributed by atoms with Crippen molar-refractivity contribution in [2.24, 2.45) is 0 Å². The number of nitrogens with zero attached hydrogens (tertiary/aromatic N) is 1. The Morgan fingerprint density at radius 2 is 2.08 bits per heavy atom. The van der Waals surface area contributed by atoms with E-state index >= 15 is 0 Å². The SMILES string of the molecule is CCCCC1(CC)CS(=O)(=O)c2cc(OC)c(Br)cc2C(C)N1O. The molecule has 1 aliphatic heterocycles. The van der Waals surface area contributed by atoms with Gasteiger partial charge in [0.2, 0.25) is 0 Å². The van der Waals surface area contributed by atoms with Crippen LogP contribution in [0.1, 0.15) is 58.1 Å². The van der Waals surface area contributed by atoms with Gasteiger partial charge in [0.25, 0.3) is 0 Å². The van der Waals surface area contributed by atoms with Crippen molar-refractivity contribution in [2.45, 2.75) is 62.9 Å². The number of sulfone groups is 1. The van der Waals surface area contributed by atoms with Crippen LogP contribution in [0.4, 0.5) is 0 Å². The van der Waals surface area contributed by atoms with Gasteiger partial charge in [-0.15, -0.1) is 0 Å². The molecular formula is C17H26BrNO4S. The molecule has 0 bridgehead atoms. The molecule has 0 saturated carbocycles. The van der Waals surface area contributed by atoms with Crippen molar-refractivity contribution in [3.8, 4) is 5.75 Å². The Morgan fingerprint density at radius 3 is 2.62 bits per heavy atom. The Labute approximate surface area is 153 Å². The lowest BCUT2D eigenvalue weighted by atomic mass is 9.89. The maximum atomic E-state index is 13.1. The molecule has 2 atom stereocenters. The van der Waals surface area contributed by atoms with Crippen molar-refractivity contribution < 1.29 is 18.4 Å². The fourth-order valence-corrected chi connectivity index (χ4v) is 6.22. The fourth-order valence-electron chi connectivity index (χ4n) is 3.48. The van der Waals surface area contributed by atoms with Crippen LogP contribution in [0.25, 0.3) is 0 Å². The second-order valence-corrected chi connectivity index (χ2v) is 9.30. The Balaban J connectivity index is 2.66. The predicted molar refractivity (Wildman–Crippen MR) is 97.3 cm³/mol. The maximum Gasteiger partial charge on any atom is 0.180 e. The number of rotatable bonds is 5. The molecule has 1 aliphatic rings. The van der Waals surface area contributed by atoms with E-state index in [0.717, 1.165) is 12.8 Å². The lowest BCUT2D eigenvalue weighted by molar-refractivity contribution is -0.198. The van der Waals surface area contributed by atoms with Crippen molar-refractivity contribution in [2.75, 3.05) is 12.9 Å². The summed E-state index contributed by atoms with van der Waals surface area (Å²) >= 11 is 3.41. The van der Waals surface area contributed by atoms with Gasteiger partial charge in [-0.25, -0.2) is 8.42 Å². The summed E-state index contributed by atoms with van der Waals surface area (Å²) in [7, 11) is -2.04. The monoisotopic (exact) mass is 419 g/mol. The van der Waals surface area contributed by atoms with Crippen LogP contribution in [0, 0.1) is 0 Å². The van der Waals surface area contributed by atoms with Crippen LogP contribution >= 0.6 is 15.9 Å². The number of ether oxygens (including phenoxy) is 1. The van der Waals surface area contributed by atoms with Crippen molar-refractivity contribution >= 4 is 25.8 Å². The molecule has 24 heavy (non-hydrogen) atoms.